The second-order valence-electron chi connectivity index (χ2n) is 5.59. The average molecular weight is 328 g/mol. The van der Waals surface area contributed by atoms with Crippen LogP contribution in [0.1, 0.15) is 12.0 Å². The Kier molecular flexibility index (Phi) is 6.63. The normalized spacial score (nSPS) is 10.3. The van der Waals surface area contributed by atoms with Crippen molar-refractivity contribution in [2.24, 2.45) is 0 Å². The zero-order valence-electron chi connectivity index (χ0n) is 14.2. The van der Waals surface area contributed by atoms with Crippen LogP contribution < -0.4 is 15.0 Å². The second kappa shape index (κ2) is 8.93. The predicted octanol–water partition coefficient (Wildman–Crippen LogP) is 2.70. The van der Waals surface area contributed by atoms with Crippen LogP contribution in [0.5, 0.6) is 5.75 Å². The number of methoxy groups -OCH3 is 1. The quantitative estimate of drug-likeness (QED) is 0.782. The van der Waals surface area contributed by atoms with Crippen molar-refractivity contribution in [1.29, 1.82) is 0 Å². The van der Waals surface area contributed by atoms with Crippen molar-refractivity contribution in [2.75, 3.05) is 37.5 Å². The summed E-state index contributed by atoms with van der Waals surface area (Å²) in [6.45, 7) is 0.688. The Morgan fingerprint density at radius 1 is 1.12 bits per heavy atom. The number of aryl methyl sites for hydroxylation is 1. The highest BCUT2D eigenvalue weighted by Gasteiger charge is 2.05. The lowest BCUT2D eigenvalue weighted by molar-refractivity contribution is -0.116. The van der Waals surface area contributed by atoms with Gasteiger partial charge in [-0.1, -0.05) is 12.1 Å². The fourth-order valence-corrected chi connectivity index (χ4v) is 2.35. The largest absolute Gasteiger partial charge is 0.497 e. The first kappa shape index (κ1) is 17.8. The van der Waals surface area contributed by atoms with E-state index in [9.17, 15) is 4.79 Å². The van der Waals surface area contributed by atoms with Gasteiger partial charge in [0.15, 0.2) is 0 Å². The van der Waals surface area contributed by atoms with Crippen molar-refractivity contribution in [3.05, 3.63) is 54.1 Å². The van der Waals surface area contributed by atoms with Crippen molar-refractivity contribution in [3.8, 4) is 5.75 Å². The van der Waals surface area contributed by atoms with E-state index < -0.39 is 0 Å². The summed E-state index contributed by atoms with van der Waals surface area (Å²) in [5.41, 5.74) is 2.88. The highest BCUT2D eigenvalue weighted by Crippen LogP contribution is 2.17. The van der Waals surface area contributed by atoms with Gasteiger partial charge in [0.25, 0.3) is 0 Å². The van der Waals surface area contributed by atoms with Crippen LogP contribution in [0.3, 0.4) is 0 Å². The van der Waals surface area contributed by atoms with E-state index in [-0.39, 0.29) is 12.5 Å². The third kappa shape index (κ3) is 5.28. The third-order valence-electron chi connectivity index (χ3n) is 3.83. The fourth-order valence-electron chi connectivity index (χ4n) is 2.35. The second-order valence-corrected chi connectivity index (χ2v) is 5.59. The van der Waals surface area contributed by atoms with E-state index in [0.717, 1.165) is 22.7 Å². The average Bonchev–Trinajstić information content (AvgIpc) is 2.61. The van der Waals surface area contributed by atoms with Gasteiger partial charge >= 0.3 is 0 Å². The Hall–Kier alpha value is -2.53. The molecule has 0 unspecified atom stereocenters. The molecule has 0 spiro atoms. The molecule has 2 aromatic rings. The molecule has 2 rings (SSSR count). The SMILES string of the molecule is COc1ccc(CCC(=O)Nc2ccc(N(C)CCO)cc2)cc1. The minimum atomic E-state index is -0.0118. The van der Waals surface area contributed by atoms with Crippen LogP contribution in [0.25, 0.3) is 0 Å². The molecule has 0 saturated carbocycles. The first-order valence-corrected chi connectivity index (χ1v) is 7.97. The van der Waals surface area contributed by atoms with Crippen molar-refractivity contribution >= 4 is 17.3 Å². The van der Waals surface area contributed by atoms with E-state index >= 15 is 0 Å². The topological polar surface area (TPSA) is 61.8 Å². The molecule has 0 radical (unpaired) electrons. The summed E-state index contributed by atoms with van der Waals surface area (Å²) in [6.07, 6.45) is 1.12. The van der Waals surface area contributed by atoms with Gasteiger partial charge in [-0.2, -0.15) is 0 Å². The van der Waals surface area contributed by atoms with Gasteiger partial charge in [-0.15, -0.1) is 0 Å². The van der Waals surface area contributed by atoms with E-state index in [4.69, 9.17) is 9.84 Å². The Bertz CT molecular complexity index is 639. The molecule has 0 bridgehead atoms. The van der Waals surface area contributed by atoms with Gasteiger partial charge < -0.3 is 20.1 Å². The van der Waals surface area contributed by atoms with Crippen molar-refractivity contribution in [1.82, 2.24) is 0 Å². The molecule has 2 N–H and O–H groups in total. The van der Waals surface area contributed by atoms with Crippen LogP contribution in [0.15, 0.2) is 48.5 Å². The van der Waals surface area contributed by atoms with E-state index in [2.05, 4.69) is 5.32 Å². The highest BCUT2D eigenvalue weighted by molar-refractivity contribution is 5.91. The number of nitrogens with zero attached hydrogens (tertiary/aromatic N) is 1. The number of hydrogen-bond donors (Lipinski definition) is 2. The van der Waals surface area contributed by atoms with Gasteiger partial charge in [0.05, 0.1) is 13.7 Å². The molecule has 0 saturated heterocycles. The molecule has 0 aromatic heterocycles. The van der Waals surface area contributed by atoms with Crippen molar-refractivity contribution < 1.29 is 14.6 Å². The van der Waals surface area contributed by atoms with Crippen molar-refractivity contribution in [2.45, 2.75) is 12.8 Å². The fraction of sp³-hybridized carbons (Fsp3) is 0.316. The van der Waals surface area contributed by atoms with Crippen LogP contribution in [-0.4, -0.2) is 38.3 Å². The van der Waals surface area contributed by atoms with Crippen LogP contribution in [0, 0.1) is 0 Å². The number of benzene rings is 2. The zero-order valence-corrected chi connectivity index (χ0v) is 14.2. The first-order chi connectivity index (χ1) is 11.6. The number of nitrogens with one attached hydrogen (secondary N) is 1. The van der Waals surface area contributed by atoms with Gasteiger partial charge in [0.2, 0.25) is 5.91 Å². The number of aliphatic hydroxyl groups is 1. The standard InChI is InChI=1S/C19H24N2O3/c1-21(13-14-22)17-8-6-16(7-9-17)20-19(23)12-5-15-3-10-18(24-2)11-4-15/h3-4,6-11,22H,5,12-14H2,1-2H3,(H,20,23). The van der Waals surface area contributed by atoms with Gasteiger partial charge in [-0.3, -0.25) is 4.79 Å². The molecular weight excluding hydrogens is 304 g/mol. The summed E-state index contributed by atoms with van der Waals surface area (Å²) in [5.74, 6) is 0.803. The molecule has 5 nitrogen and oxygen atoms in total. The third-order valence-corrected chi connectivity index (χ3v) is 3.83. The monoisotopic (exact) mass is 328 g/mol. The number of carbonyl (C=O) groups excluding carboxylic acids is 1. The number of ether oxygens (including phenoxy) is 1. The van der Waals surface area contributed by atoms with Crippen LogP contribution in [-0.2, 0) is 11.2 Å². The lowest BCUT2D eigenvalue weighted by Crippen LogP contribution is -2.21. The molecule has 0 fully saturated rings. The van der Waals surface area contributed by atoms with Crippen molar-refractivity contribution in [3.63, 3.8) is 0 Å². The predicted molar refractivity (Wildman–Crippen MR) is 96.7 cm³/mol. The lowest BCUT2D eigenvalue weighted by Gasteiger charge is -2.18. The molecule has 0 aliphatic heterocycles. The molecule has 0 aliphatic carbocycles. The van der Waals surface area contributed by atoms with Gasteiger partial charge in [-0.25, -0.2) is 0 Å². The molecule has 5 heteroatoms. The smallest absolute Gasteiger partial charge is 0.224 e. The van der Waals surface area contributed by atoms with E-state index in [1.807, 2.05) is 60.5 Å². The summed E-state index contributed by atoms with van der Waals surface area (Å²) in [6, 6.07) is 15.3. The number of aliphatic hydroxyl groups excluding tert-OH is 1. The van der Waals surface area contributed by atoms with E-state index in [1.54, 1.807) is 7.11 Å². The Labute approximate surface area is 142 Å². The number of rotatable bonds is 8. The van der Waals surface area contributed by atoms with E-state index in [0.29, 0.717) is 19.4 Å². The molecule has 1 amide bonds. The number of hydrogen-bond acceptors (Lipinski definition) is 4. The van der Waals surface area contributed by atoms with Crippen LogP contribution >= 0.6 is 0 Å². The zero-order chi connectivity index (χ0) is 17.4. The lowest BCUT2D eigenvalue weighted by atomic mass is 10.1. The molecule has 0 aliphatic rings. The summed E-state index contributed by atoms with van der Waals surface area (Å²) in [7, 11) is 3.55. The molecule has 128 valence electrons. The van der Waals surface area contributed by atoms with Gasteiger partial charge in [-0.05, 0) is 48.4 Å². The first-order valence-electron chi connectivity index (χ1n) is 7.97. The summed E-state index contributed by atoms with van der Waals surface area (Å²) in [4.78, 5) is 14.0. The summed E-state index contributed by atoms with van der Waals surface area (Å²) in [5, 5.41) is 11.8. The Balaban J connectivity index is 1.83. The van der Waals surface area contributed by atoms with E-state index in [1.165, 1.54) is 0 Å². The Morgan fingerprint density at radius 2 is 1.79 bits per heavy atom. The molecule has 0 atom stereocenters. The number of amides is 1. The molecule has 24 heavy (non-hydrogen) atoms. The van der Waals surface area contributed by atoms with Crippen LogP contribution in [0.4, 0.5) is 11.4 Å². The number of anilines is 2. The molecule has 0 heterocycles. The molecular formula is C19H24N2O3. The minimum absolute atomic E-state index is 0.0118. The Morgan fingerprint density at radius 3 is 2.38 bits per heavy atom. The van der Waals surface area contributed by atoms with Gasteiger partial charge in [0, 0.05) is 31.4 Å². The minimum Gasteiger partial charge on any atom is -0.497 e. The van der Waals surface area contributed by atoms with Gasteiger partial charge in [0.1, 0.15) is 5.75 Å². The summed E-state index contributed by atoms with van der Waals surface area (Å²) >= 11 is 0. The molecule has 2 aromatic carbocycles. The number of carbonyl (C=O) groups is 1. The highest BCUT2D eigenvalue weighted by atomic mass is 16.5. The number of likely N-dealkylation sites (N-methyl/N-ethyl adjacent to an activating group) is 1. The maximum absolute atomic E-state index is 12.1. The summed E-state index contributed by atoms with van der Waals surface area (Å²) < 4.78 is 5.12. The maximum Gasteiger partial charge on any atom is 0.224 e. The van der Waals surface area contributed by atoms with Crippen LogP contribution in [0.2, 0.25) is 0 Å². The maximum atomic E-state index is 12.1.